The average Bonchev–Trinajstić information content (AvgIpc) is 2.34. The topological polar surface area (TPSA) is 61.8 Å². The molecular weight excluding hydrogens is 224 g/mol. The first-order chi connectivity index (χ1) is 8.09. The number of carbonyl (C=O) groups is 2. The lowest BCUT2D eigenvalue weighted by molar-refractivity contribution is -0.142. The molecule has 94 valence electrons. The molecule has 5 nitrogen and oxygen atoms in total. The number of hydrogen-bond acceptors (Lipinski definition) is 5. The SMILES string of the molecule is COCO[C@@](C)(C=O)C=C[C@H]1CC=CC(=O)O1. The Labute approximate surface area is 100 Å². The predicted octanol–water partition coefficient (Wildman–Crippen LogP) is 0.992. The summed E-state index contributed by atoms with van der Waals surface area (Å²) in [5.74, 6) is -0.378. The van der Waals surface area contributed by atoms with Crippen molar-refractivity contribution in [2.45, 2.75) is 25.0 Å². The fraction of sp³-hybridized carbons (Fsp3) is 0.500. The molecule has 1 aliphatic rings. The van der Waals surface area contributed by atoms with Gasteiger partial charge in [0, 0.05) is 19.6 Å². The van der Waals surface area contributed by atoms with Gasteiger partial charge in [-0.1, -0.05) is 6.08 Å². The Balaban J connectivity index is 2.57. The summed E-state index contributed by atoms with van der Waals surface area (Å²) in [6.07, 6.45) is 7.24. The fourth-order valence-electron chi connectivity index (χ4n) is 1.26. The van der Waals surface area contributed by atoms with E-state index >= 15 is 0 Å². The molecule has 0 radical (unpaired) electrons. The second-order valence-electron chi connectivity index (χ2n) is 3.83. The van der Waals surface area contributed by atoms with Crippen LogP contribution in [0.4, 0.5) is 0 Å². The molecule has 2 atom stereocenters. The Kier molecular flexibility index (Phi) is 5.06. The van der Waals surface area contributed by atoms with Gasteiger partial charge < -0.3 is 14.2 Å². The smallest absolute Gasteiger partial charge is 0.331 e. The van der Waals surface area contributed by atoms with Crippen LogP contribution >= 0.6 is 0 Å². The molecule has 0 spiro atoms. The maximum Gasteiger partial charge on any atom is 0.331 e. The van der Waals surface area contributed by atoms with E-state index in [-0.39, 0.29) is 18.9 Å². The van der Waals surface area contributed by atoms with Gasteiger partial charge in [0.15, 0.2) is 6.29 Å². The number of esters is 1. The van der Waals surface area contributed by atoms with Crippen molar-refractivity contribution in [3.05, 3.63) is 24.3 Å². The second kappa shape index (κ2) is 6.32. The number of ether oxygens (including phenoxy) is 3. The van der Waals surface area contributed by atoms with Crippen molar-refractivity contribution in [3.8, 4) is 0 Å². The van der Waals surface area contributed by atoms with Gasteiger partial charge in [-0.25, -0.2) is 4.79 Å². The molecule has 0 aromatic heterocycles. The van der Waals surface area contributed by atoms with Crippen molar-refractivity contribution in [2.75, 3.05) is 13.9 Å². The summed E-state index contributed by atoms with van der Waals surface area (Å²) in [6.45, 7) is 1.62. The van der Waals surface area contributed by atoms with Crippen LogP contribution in [0.1, 0.15) is 13.3 Å². The first-order valence-corrected chi connectivity index (χ1v) is 5.25. The van der Waals surface area contributed by atoms with Gasteiger partial charge in [-0.15, -0.1) is 0 Å². The van der Waals surface area contributed by atoms with Crippen molar-refractivity contribution in [1.29, 1.82) is 0 Å². The summed E-state index contributed by atoms with van der Waals surface area (Å²) in [5.41, 5.74) is -1.07. The molecule has 0 aliphatic carbocycles. The molecule has 0 amide bonds. The number of cyclic esters (lactones) is 1. The molecule has 5 heteroatoms. The summed E-state index contributed by atoms with van der Waals surface area (Å²) in [6, 6.07) is 0. The fourth-order valence-corrected chi connectivity index (χ4v) is 1.26. The Hall–Kier alpha value is -1.46. The average molecular weight is 240 g/mol. The highest BCUT2D eigenvalue weighted by Gasteiger charge is 2.22. The van der Waals surface area contributed by atoms with Crippen molar-refractivity contribution < 1.29 is 23.8 Å². The van der Waals surface area contributed by atoms with Gasteiger partial charge in [-0.2, -0.15) is 0 Å². The number of carbonyl (C=O) groups excluding carboxylic acids is 2. The Morgan fingerprint density at radius 2 is 2.41 bits per heavy atom. The third kappa shape index (κ3) is 4.50. The van der Waals surface area contributed by atoms with E-state index in [0.29, 0.717) is 12.7 Å². The van der Waals surface area contributed by atoms with Gasteiger partial charge in [0.2, 0.25) is 0 Å². The van der Waals surface area contributed by atoms with E-state index in [0.717, 1.165) is 0 Å². The van der Waals surface area contributed by atoms with Gasteiger partial charge in [-0.3, -0.25) is 4.79 Å². The van der Waals surface area contributed by atoms with Gasteiger partial charge in [0.1, 0.15) is 18.5 Å². The van der Waals surface area contributed by atoms with Crippen LogP contribution in [0.3, 0.4) is 0 Å². The molecule has 0 fully saturated rings. The summed E-state index contributed by atoms with van der Waals surface area (Å²) in [4.78, 5) is 21.9. The van der Waals surface area contributed by atoms with Crippen molar-refractivity contribution in [2.24, 2.45) is 0 Å². The van der Waals surface area contributed by atoms with E-state index in [2.05, 4.69) is 0 Å². The highest BCUT2D eigenvalue weighted by molar-refractivity contribution is 5.83. The number of aldehydes is 1. The highest BCUT2D eigenvalue weighted by atomic mass is 16.7. The zero-order chi connectivity index (χ0) is 12.7. The van der Waals surface area contributed by atoms with Crippen molar-refractivity contribution in [3.63, 3.8) is 0 Å². The lowest BCUT2D eigenvalue weighted by Crippen LogP contribution is -2.30. The molecular formula is C12H16O5. The minimum atomic E-state index is -1.07. The molecule has 0 aromatic rings. The van der Waals surface area contributed by atoms with Crippen molar-refractivity contribution in [1.82, 2.24) is 0 Å². The largest absolute Gasteiger partial charge is 0.455 e. The third-order valence-electron chi connectivity index (χ3n) is 2.25. The number of hydrogen-bond donors (Lipinski definition) is 0. The first-order valence-electron chi connectivity index (χ1n) is 5.25. The predicted molar refractivity (Wildman–Crippen MR) is 60.2 cm³/mol. The zero-order valence-corrected chi connectivity index (χ0v) is 9.92. The standard InChI is InChI=1S/C12H16O5/c1-12(8-13,16-9-15-2)7-6-10-4-3-5-11(14)17-10/h3,5-8,10H,4,9H2,1-2H3/t10-,12-/m1/s1. The third-order valence-corrected chi connectivity index (χ3v) is 2.25. The van der Waals surface area contributed by atoms with E-state index in [4.69, 9.17) is 14.2 Å². The molecule has 1 heterocycles. The molecule has 1 aliphatic heterocycles. The molecule has 1 rings (SSSR count). The Morgan fingerprint density at radius 3 is 3.00 bits per heavy atom. The van der Waals surface area contributed by atoms with E-state index < -0.39 is 5.60 Å². The van der Waals surface area contributed by atoms with Gasteiger partial charge in [0.05, 0.1) is 0 Å². The molecule has 0 N–H and O–H groups in total. The lowest BCUT2D eigenvalue weighted by atomic mass is 10.1. The maximum absolute atomic E-state index is 11.0. The van der Waals surface area contributed by atoms with Crippen LogP contribution in [-0.4, -0.2) is 37.9 Å². The van der Waals surface area contributed by atoms with Crippen LogP contribution < -0.4 is 0 Å². The molecule has 0 saturated carbocycles. The van der Waals surface area contributed by atoms with Crippen LogP contribution in [0.5, 0.6) is 0 Å². The van der Waals surface area contributed by atoms with E-state index in [1.165, 1.54) is 13.2 Å². The van der Waals surface area contributed by atoms with Crippen LogP contribution in [0.15, 0.2) is 24.3 Å². The van der Waals surface area contributed by atoms with E-state index in [1.54, 1.807) is 25.2 Å². The minimum Gasteiger partial charge on any atom is -0.455 e. The highest BCUT2D eigenvalue weighted by Crippen LogP contribution is 2.14. The summed E-state index contributed by atoms with van der Waals surface area (Å²) in [7, 11) is 1.47. The number of rotatable bonds is 6. The normalized spacial score (nSPS) is 23.4. The molecule has 0 saturated heterocycles. The van der Waals surface area contributed by atoms with E-state index in [9.17, 15) is 9.59 Å². The second-order valence-corrected chi connectivity index (χ2v) is 3.83. The summed E-state index contributed by atoms with van der Waals surface area (Å²) < 4.78 is 15.0. The lowest BCUT2D eigenvalue weighted by Gasteiger charge is -2.21. The van der Waals surface area contributed by atoms with Gasteiger partial charge >= 0.3 is 5.97 Å². The summed E-state index contributed by atoms with van der Waals surface area (Å²) >= 11 is 0. The van der Waals surface area contributed by atoms with Crippen LogP contribution in [0.25, 0.3) is 0 Å². The Bertz CT molecular complexity index is 334. The monoisotopic (exact) mass is 240 g/mol. The molecule has 17 heavy (non-hydrogen) atoms. The molecule has 0 unspecified atom stereocenters. The Morgan fingerprint density at radius 1 is 1.65 bits per heavy atom. The van der Waals surface area contributed by atoms with Crippen LogP contribution in [0.2, 0.25) is 0 Å². The maximum atomic E-state index is 11.0. The molecule has 0 aromatic carbocycles. The van der Waals surface area contributed by atoms with Crippen molar-refractivity contribution >= 4 is 12.3 Å². The van der Waals surface area contributed by atoms with Crippen LogP contribution in [-0.2, 0) is 23.8 Å². The first kappa shape index (κ1) is 13.6. The molecule has 0 bridgehead atoms. The summed E-state index contributed by atoms with van der Waals surface area (Å²) in [5, 5.41) is 0. The van der Waals surface area contributed by atoms with E-state index in [1.807, 2.05) is 0 Å². The minimum absolute atomic E-state index is 0.0178. The van der Waals surface area contributed by atoms with Crippen LogP contribution in [0, 0.1) is 0 Å². The quantitative estimate of drug-likeness (QED) is 0.300. The van der Waals surface area contributed by atoms with Gasteiger partial charge in [-0.05, 0) is 19.1 Å². The van der Waals surface area contributed by atoms with Gasteiger partial charge in [0.25, 0.3) is 0 Å². The zero-order valence-electron chi connectivity index (χ0n) is 9.92. The number of methoxy groups -OCH3 is 1.